The molecule has 9 nitrogen and oxygen atoms in total. The summed E-state index contributed by atoms with van der Waals surface area (Å²) in [5, 5.41) is 4.30. The van der Waals surface area contributed by atoms with Gasteiger partial charge < -0.3 is 9.64 Å². The van der Waals surface area contributed by atoms with E-state index in [1.807, 2.05) is 31.2 Å². The van der Waals surface area contributed by atoms with Crippen LogP contribution in [0.25, 0.3) is 5.69 Å². The number of hydrogen-bond donors (Lipinski definition) is 0. The lowest BCUT2D eigenvalue weighted by molar-refractivity contribution is 0.0729. The molecule has 0 radical (unpaired) electrons. The van der Waals surface area contributed by atoms with Crippen LogP contribution < -0.4 is 0 Å². The minimum atomic E-state index is -3.75. The minimum absolute atomic E-state index is 0.0374. The molecule has 33 heavy (non-hydrogen) atoms. The number of nitrogens with zero attached hydrogens (tertiary/aromatic N) is 5. The van der Waals surface area contributed by atoms with Gasteiger partial charge in [0.15, 0.2) is 0 Å². The van der Waals surface area contributed by atoms with E-state index < -0.39 is 10.0 Å². The van der Waals surface area contributed by atoms with E-state index in [1.165, 1.54) is 33.7 Å². The summed E-state index contributed by atoms with van der Waals surface area (Å²) in [5.74, 6) is -0.369. The lowest BCUT2D eigenvalue weighted by Crippen LogP contribution is -2.40. The van der Waals surface area contributed by atoms with Gasteiger partial charge in [-0.25, -0.2) is 18.1 Å². The molecule has 0 bridgehead atoms. The molecule has 0 N–H and O–H groups in total. The predicted molar refractivity (Wildman–Crippen MR) is 123 cm³/mol. The molecule has 3 aromatic rings. The Balaban J connectivity index is 1.56. The SMILES string of the molecule is CC(c1ccc(-n2cncn2)cc1)N(C)C(=O)c1cc(S(=O)(=O)N2CCOCC2)ccc1Cl. The van der Waals surface area contributed by atoms with Gasteiger partial charge in [-0.2, -0.15) is 9.40 Å². The molecule has 2 aromatic carbocycles. The summed E-state index contributed by atoms with van der Waals surface area (Å²) in [7, 11) is -2.08. The average molecular weight is 490 g/mol. The van der Waals surface area contributed by atoms with E-state index >= 15 is 0 Å². The van der Waals surface area contributed by atoms with E-state index in [9.17, 15) is 13.2 Å². The fourth-order valence-corrected chi connectivity index (χ4v) is 5.23. The van der Waals surface area contributed by atoms with Crippen molar-refractivity contribution < 1.29 is 17.9 Å². The molecule has 1 unspecified atom stereocenters. The van der Waals surface area contributed by atoms with Gasteiger partial charge >= 0.3 is 0 Å². The minimum Gasteiger partial charge on any atom is -0.379 e. The average Bonchev–Trinajstić information content (AvgIpc) is 3.38. The molecular formula is C22H24ClN5O4S. The maximum atomic E-state index is 13.3. The van der Waals surface area contributed by atoms with Crippen molar-refractivity contribution in [3.05, 3.63) is 71.3 Å². The Hall–Kier alpha value is -2.79. The summed E-state index contributed by atoms with van der Waals surface area (Å²) < 4.78 is 34.3. The fourth-order valence-electron chi connectivity index (χ4n) is 3.60. The quantitative estimate of drug-likeness (QED) is 0.528. The van der Waals surface area contributed by atoms with Crippen molar-refractivity contribution in [3.8, 4) is 5.69 Å². The third kappa shape index (κ3) is 4.79. The first-order chi connectivity index (χ1) is 15.8. The molecule has 0 saturated carbocycles. The van der Waals surface area contributed by atoms with Crippen LogP contribution in [0.3, 0.4) is 0 Å². The standard InChI is InChI=1S/C22H24ClN5O4S/c1-16(17-3-5-18(6-4-17)28-15-24-14-25-28)26(2)22(29)20-13-19(7-8-21(20)23)33(30,31)27-9-11-32-12-10-27/h3-8,13-16H,9-12H2,1-2H3. The second-order valence-corrected chi connectivity index (χ2v) is 10.0. The number of morpholine rings is 1. The number of carbonyl (C=O) groups excluding carboxylic acids is 1. The molecule has 1 aliphatic rings. The molecule has 1 atom stereocenters. The topological polar surface area (TPSA) is 97.6 Å². The van der Waals surface area contributed by atoms with Gasteiger partial charge in [0.1, 0.15) is 12.7 Å². The number of amides is 1. The van der Waals surface area contributed by atoms with Crippen molar-refractivity contribution in [1.82, 2.24) is 24.0 Å². The Morgan fingerprint density at radius 1 is 1.15 bits per heavy atom. The van der Waals surface area contributed by atoms with Crippen LogP contribution in [0.4, 0.5) is 0 Å². The van der Waals surface area contributed by atoms with Crippen molar-refractivity contribution in [1.29, 1.82) is 0 Å². The highest BCUT2D eigenvalue weighted by molar-refractivity contribution is 7.89. The Kier molecular flexibility index (Phi) is 6.80. The molecule has 1 fully saturated rings. The largest absolute Gasteiger partial charge is 0.379 e. The first-order valence-corrected chi connectivity index (χ1v) is 12.2. The van der Waals surface area contributed by atoms with Crippen LogP contribution in [0.2, 0.25) is 5.02 Å². The number of ether oxygens (including phenoxy) is 1. The molecule has 0 spiro atoms. The number of sulfonamides is 1. The number of carbonyl (C=O) groups is 1. The van der Waals surface area contributed by atoms with E-state index in [2.05, 4.69) is 10.1 Å². The van der Waals surface area contributed by atoms with Gasteiger partial charge in [-0.3, -0.25) is 4.79 Å². The summed E-state index contributed by atoms with van der Waals surface area (Å²) >= 11 is 6.31. The van der Waals surface area contributed by atoms with Crippen LogP contribution in [0.15, 0.2) is 60.0 Å². The highest BCUT2D eigenvalue weighted by Gasteiger charge is 2.29. The van der Waals surface area contributed by atoms with E-state index in [4.69, 9.17) is 16.3 Å². The van der Waals surface area contributed by atoms with Gasteiger partial charge in [0.25, 0.3) is 5.91 Å². The Morgan fingerprint density at radius 3 is 2.48 bits per heavy atom. The first-order valence-electron chi connectivity index (χ1n) is 10.4. The number of hydrogen-bond acceptors (Lipinski definition) is 6. The second kappa shape index (κ2) is 9.60. The molecule has 1 saturated heterocycles. The Labute approximate surface area is 197 Å². The summed E-state index contributed by atoms with van der Waals surface area (Å²) in [6, 6.07) is 11.6. The summed E-state index contributed by atoms with van der Waals surface area (Å²) in [6.07, 6.45) is 3.06. The van der Waals surface area contributed by atoms with Crippen LogP contribution in [0.1, 0.15) is 28.9 Å². The van der Waals surface area contributed by atoms with E-state index in [-0.39, 0.29) is 40.5 Å². The van der Waals surface area contributed by atoms with Gasteiger partial charge in [-0.05, 0) is 42.8 Å². The van der Waals surface area contributed by atoms with Crippen LogP contribution in [0.5, 0.6) is 0 Å². The molecule has 1 aliphatic heterocycles. The van der Waals surface area contributed by atoms with Crippen LogP contribution in [0, 0.1) is 0 Å². The zero-order valence-electron chi connectivity index (χ0n) is 18.3. The molecule has 11 heteroatoms. The van der Waals surface area contributed by atoms with E-state index in [1.54, 1.807) is 18.1 Å². The van der Waals surface area contributed by atoms with Gasteiger partial charge in [-0.1, -0.05) is 23.7 Å². The molecule has 0 aliphatic carbocycles. The fraction of sp³-hybridized carbons (Fsp3) is 0.318. The number of benzene rings is 2. The number of aromatic nitrogens is 3. The molecular weight excluding hydrogens is 466 g/mol. The normalized spacial score (nSPS) is 15.8. The lowest BCUT2D eigenvalue weighted by Gasteiger charge is -2.27. The van der Waals surface area contributed by atoms with Gasteiger partial charge in [0, 0.05) is 20.1 Å². The third-order valence-electron chi connectivity index (χ3n) is 5.74. The van der Waals surface area contributed by atoms with E-state index in [0.717, 1.165) is 11.3 Å². The van der Waals surface area contributed by atoms with Crippen molar-refractivity contribution in [2.24, 2.45) is 0 Å². The zero-order valence-corrected chi connectivity index (χ0v) is 19.8. The van der Waals surface area contributed by atoms with Crippen LogP contribution in [-0.4, -0.2) is 71.6 Å². The Bertz CT molecular complexity index is 1230. The first kappa shape index (κ1) is 23.4. The molecule has 1 aromatic heterocycles. The zero-order chi connectivity index (χ0) is 23.6. The van der Waals surface area contributed by atoms with Crippen molar-refractivity contribution in [3.63, 3.8) is 0 Å². The molecule has 1 amide bonds. The maximum absolute atomic E-state index is 13.3. The third-order valence-corrected chi connectivity index (χ3v) is 7.96. The number of rotatable bonds is 6. The summed E-state index contributed by atoms with van der Waals surface area (Å²) in [5.41, 5.74) is 1.89. The summed E-state index contributed by atoms with van der Waals surface area (Å²) in [6.45, 7) is 3.12. The van der Waals surface area contributed by atoms with Gasteiger partial charge in [0.2, 0.25) is 10.0 Å². The highest BCUT2D eigenvalue weighted by atomic mass is 35.5. The van der Waals surface area contributed by atoms with Crippen molar-refractivity contribution in [2.75, 3.05) is 33.4 Å². The summed E-state index contributed by atoms with van der Waals surface area (Å²) in [4.78, 5) is 18.8. The van der Waals surface area contributed by atoms with E-state index in [0.29, 0.717) is 13.2 Å². The van der Waals surface area contributed by atoms with Gasteiger partial charge in [-0.15, -0.1) is 0 Å². The lowest BCUT2D eigenvalue weighted by atomic mass is 10.1. The smallest absolute Gasteiger partial charge is 0.255 e. The van der Waals surface area contributed by atoms with Crippen LogP contribution in [-0.2, 0) is 14.8 Å². The number of halogens is 1. The Morgan fingerprint density at radius 2 is 1.85 bits per heavy atom. The van der Waals surface area contributed by atoms with Crippen molar-refractivity contribution >= 4 is 27.5 Å². The predicted octanol–water partition coefficient (Wildman–Crippen LogP) is 2.77. The van der Waals surface area contributed by atoms with Crippen LogP contribution >= 0.6 is 11.6 Å². The highest BCUT2D eigenvalue weighted by Crippen LogP contribution is 2.28. The molecule has 4 rings (SSSR count). The van der Waals surface area contributed by atoms with Crippen molar-refractivity contribution in [2.45, 2.75) is 17.9 Å². The van der Waals surface area contributed by atoms with Gasteiger partial charge in [0.05, 0.1) is 40.4 Å². The molecule has 2 heterocycles. The molecule has 174 valence electrons. The monoisotopic (exact) mass is 489 g/mol. The second-order valence-electron chi connectivity index (χ2n) is 7.68. The maximum Gasteiger partial charge on any atom is 0.255 e.